The van der Waals surface area contributed by atoms with Crippen molar-refractivity contribution in [3.05, 3.63) is 108 Å². The van der Waals surface area contributed by atoms with Crippen LogP contribution in [0.1, 0.15) is 21.6 Å². The van der Waals surface area contributed by atoms with Gasteiger partial charge in [-0.3, -0.25) is 9.89 Å². The summed E-state index contributed by atoms with van der Waals surface area (Å²) >= 11 is 0. The monoisotopic (exact) mass is 449 g/mol. The van der Waals surface area contributed by atoms with Gasteiger partial charge in [0.25, 0.3) is 5.91 Å². The van der Waals surface area contributed by atoms with Crippen LogP contribution in [0, 0.1) is 0 Å². The van der Waals surface area contributed by atoms with Gasteiger partial charge in [-0.2, -0.15) is 10.2 Å². The lowest BCUT2D eigenvalue weighted by Gasteiger charge is -2.06. The number of hydrazone groups is 1. The number of nitrogens with one attached hydrogen (secondary N) is 3. The fourth-order valence-electron chi connectivity index (χ4n) is 3.66. The summed E-state index contributed by atoms with van der Waals surface area (Å²) in [6, 6.07) is 27.5. The highest BCUT2D eigenvalue weighted by Gasteiger charge is 2.11. The zero-order chi connectivity index (χ0) is 23.2. The Labute approximate surface area is 196 Å². The molecule has 7 heteroatoms. The van der Waals surface area contributed by atoms with Crippen molar-refractivity contribution in [2.45, 2.75) is 6.42 Å². The summed E-state index contributed by atoms with van der Waals surface area (Å²) in [6.07, 6.45) is 4.32. The number of para-hydroxylation sites is 1. The summed E-state index contributed by atoms with van der Waals surface area (Å²) in [7, 11) is 0. The van der Waals surface area contributed by atoms with Gasteiger partial charge in [0.15, 0.2) is 0 Å². The Bertz CT molecular complexity index is 1420. The zero-order valence-electron chi connectivity index (χ0n) is 18.4. The molecular formula is C27H23N5O2. The van der Waals surface area contributed by atoms with Gasteiger partial charge in [0, 0.05) is 34.6 Å². The van der Waals surface area contributed by atoms with E-state index in [1.807, 2.05) is 72.9 Å². The minimum Gasteiger partial charge on any atom is -0.493 e. The van der Waals surface area contributed by atoms with E-state index in [-0.39, 0.29) is 5.91 Å². The fourth-order valence-corrected chi connectivity index (χ4v) is 3.66. The Balaban J connectivity index is 1.16. The Kier molecular flexibility index (Phi) is 6.16. The molecule has 0 fully saturated rings. The summed E-state index contributed by atoms with van der Waals surface area (Å²) in [5.74, 6) is 0.426. The third kappa shape index (κ3) is 4.88. The predicted octanol–water partition coefficient (Wildman–Crippen LogP) is 4.94. The molecule has 0 bridgehead atoms. The number of ether oxygens (including phenoxy) is 1. The van der Waals surface area contributed by atoms with E-state index in [2.05, 4.69) is 37.8 Å². The molecule has 0 saturated carbocycles. The van der Waals surface area contributed by atoms with Gasteiger partial charge < -0.3 is 9.72 Å². The molecule has 168 valence electrons. The van der Waals surface area contributed by atoms with Crippen LogP contribution in [0.2, 0.25) is 0 Å². The number of aromatic nitrogens is 3. The van der Waals surface area contributed by atoms with Gasteiger partial charge in [0.05, 0.1) is 18.5 Å². The number of nitrogens with zero attached hydrogens (tertiary/aromatic N) is 2. The van der Waals surface area contributed by atoms with Crippen LogP contribution in [0.25, 0.3) is 22.2 Å². The van der Waals surface area contributed by atoms with Gasteiger partial charge >= 0.3 is 0 Å². The van der Waals surface area contributed by atoms with Crippen molar-refractivity contribution in [2.75, 3.05) is 6.61 Å². The number of hydrogen-bond acceptors (Lipinski definition) is 4. The summed E-state index contributed by atoms with van der Waals surface area (Å²) in [6.45, 7) is 0.606. The van der Waals surface area contributed by atoms with Crippen LogP contribution < -0.4 is 10.2 Å². The van der Waals surface area contributed by atoms with E-state index < -0.39 is 0 Å². The standard InChI is InChI=1S/C27H23N5O2/c33-27(32-29-18-21-17-28-24-9-5-4-8-23(21)24)26-16-25(30-31-26)20-10-12-22(13-11-20)34-15-14-19-6-2-1-3-7-19/h1-13,16-18,28H,14-15H2,(H,30,31)(H,32,33)/b29-18-. The summed E-state index contributed by atoms with van der Waals surface area (Å²) in [4.78, 5) is 15.6. The molecule has 7 nitrogen and oxygen atoms in total. The first-order chi connectivity index (χ1) is 16.8. The number of rotatable bonds is 8. The Morgan fingerprint density at radius 3 is 2.65 bits per heavy atom. The maximum Gasteiger partial charge on any atom is 0.289 e. The number of aromatic amines is 2. The predicted molar refractivity (Wildman–Crippen MR) is 133 cm³/mol. The van der Waals surface area contributed by atoms with Gasteiger partial charge in [-0.05, 0) is 42.0 Å². The number of carbonyl (C=O) groups excluding carboxylic acids is 1. The number of hydrogen-bond donors (Lipinski definition) is 3. The fraction of sp³-hybridized carbons (Fsp3) is 0.0741. The van der Waals surface area contributed by atoms with Crippen molar-refractivity contribution in [1.82, 2.24) is 20.6 Å². The van der Waals surface area contributed by atoms with Crippen molar-refractivity contribution < 1.29 is 9.53 Å². The molecule has 0 radical (unpaired) electrons. The molecule has 0 aliphatic carbocycles. The lowest BCUT2D eigenvalue weighted by atomic mass is 10.1. The summed E-state index contributed by atoms with van der Waals surface area (Å²) in [5.41, 5.74) is 7.57. The van der Waals surface area contributed by atoms with E-state index in [0.717, 1.165) is 34.2 Å². The zero-order valence-corrected chi connectivity index (χ0v) is 18.4. The molecule has 2 aromatic heterocycles. The Hall–Kier alpha value is -4.65. The van der Waals surface area contributed by atoms with Crippen LogP contribution in [-0.2, 0) is 6.42 Å². The third-order valence-electron chi connectivity index (χ3n) is 5.47. The highest BCUT2D eigenvalue weighted by atomic mass is 16.5. The summed E-state index contributed by atoms with van der Waals surface area (Å²) in [5, 5.41) is 12.1. The first-order valence-corrected chi connectivity index (χ1v) is 11.0. The average Bonchev–Trinajstić information content (AvgIpc) is 3.53. The number of benzene rings is 3. The lowest BCUT2D eigenvalue weighted by Crippen LogP contribution is -2.17. The molecule has 0 aliphatic heterocycles. The van der Waals surface area contributed by atoms with Gasteiger partial charge in [-0.15, -0.1) is 0 Å². The van der Waals surface area contributed by atoms with E-state index in [1.165, 1.54) is 5.56 Å². The van der Waals surface area contributed by atoms with Crippen LogP contribution in [0.4, 0.5) is 0 Å². The average molecular weight is 450 g/mol. The van der Waals surface area contributed by atoms with E-state index in [4.69, 9.17) is 4.74 Å². The van der Waals surface area contributed by atoms with Crippen LogP contribution in [0.5, 0.6) is 5.75 Å². The molecule has 2 heterocycles. The van der Waals surface area contributed by atoms with Crippen molar-refractivity contribution in [3.63, 3.8) is 0 Å². The minimum atomic E-state index is -0.365. The molecule has 5 aromatic rings. The normalized spacial score (nSPS) is 11.2. The van der Waals surface area contributed by atoms with E-state index >= 15 is 0 Å². The van der Waals surface area contributed by atoms with Gasteiger partial charge in [0.1, 0.15) is 11.4 Å². The van der Waals surface area contributed by atoms with E-state index in [1.54, 1.807) is 12.3 Å². The first-order valence-electron chi connectivity index (χ1n) is 11.0. The van der Waals surface area contributed by atoms with Crippen LogP contribution in [0.3, 0.4) is 0 Å². The molecule has 5 rings (SSSR count). The molecule has 0 spiro atoms. The topological polar surface area (TPSA) is 95.2 Å². The second-order valence-electron chi connectivity index (χ2n) is 7.76. The molecule has 3 N–H and O–H groups in total. The molecule has 3 aromatic carbocycles. The SMILES string of the molecule is O=C(N/N=C\c1c[nH]c2ccccc12)c1cc(-c2ccc(OCCc3ccccc3)cc2)n[nH]1. The van der Waals surface area contributed by atoms with E-state index in [9.17, 15) is 4.79 Å². The number of carbonyl (C=O) groups is 1. The minimum absolute atomic E-state index is 0.328. The summed E-state index contributed by atoms with van der Waals surface area (Å²) < 4.78 is 5.84. The Morgan fingerprint density at radius 2 is 1.79 bits per heavy atom. The third-order valence-corrected chi connectivity index (χ3v) is 5.47. The second-order valence-corrected chi connectivity index (χ2v) is 7.76. The van der Waals surface area contributed by atoms with Crippen molar-refractivity contribution >= 4 is 23.0 Å². The highest BCUT2D eigenvalue weighted by molar-refractivity contribution is 6.00. The maximum absolute atomic E-state index is 12.4. The number of fused-ring (bicyclic) bond motifs is 1. The van der Waals surface area contributed by atoms with Gasteiger partial charge in [-0.1, -0.05) is 48.5 Å². The quantitative estimate of drug-likeness (QED) is 0.231. The molecule has 0 aliphatic rings. The lowest BCUT2D eigenvalue weighted by molar-refractivity contribution is 0.0950. The molecule has 0 atom stereocenters. The van der Waals surface area contributed by atoms with Crippen molar-refractivity contribution in [3.8, 4) is 17.0 Å². The van der Waals surface area contributed by atoms with E-state index in [0.29, 0.717) is 18.0 Å². The Morgan fingerprint density at radius 1 is 1.00 bits per heavy atom. The largest absolute Gasteiger partial charge is 0.493 e. The molecule has 34 heavy (non-hydrogen) atoms. The number of H-pyrrole nitrogens is 2. The highest BCUT2D eigenvalue weighted by Crippen LogP contribution is 2.21. The first kappa shape index (κ1) is 21.2. The molecule has 0 saturated heterocycles. The molecular weight excluding hydrogens is 426 g/mol. The van der Waals surface area contributed by atoms with Gasteiger partial charge in [0.2, 0.25) is 0 Å². The smallest absolute Gasteiger partial charge is 0.289 e. The molecule has 0 unspecified atom stereocenters. The van der Waals surface area contributed by atoms with Crippen LogP contribution >= 0.6 is 0 Å². The second kappa shape index (κ2) is 9.87. The van der Waals surface area contributed by atoms with Crippen LogP contribution in [0.15, 0.2) is 96.2 Å². The number of amides is 1. The van der Waals surface area contributed by atoms with Crippen molar-refractivity contribution in [1.29, 1.82) is 0 Å². The maximum atomic E-state index is 12.4. The molecule has 1 amide bonds. The van der Waals surface area contributed by atoms with Crippen molar-refractivity contribution in [2.24, 2.45) is 5.10 Å². The van der Waals surface area contributed by atoms with Crippen LogP contribution in [-0.4, -0.2) is 33.9 Å². The van der Waals surface area contributed by atoms with Gasteiger partial charge in [-0.25, -0.2) is 5.43 Å².